The Bertz CT molecular complexity index is 967. The summed E-state index contributed by atoms with van der Waals surface area (Å²) in [6.45, 7) is 5.83. The molecule has 1 aromatic heterocycles. The van der Waals surface area contributed by atoms with Gasteiger partial charge in [0, 0.05) is 37.3 Å². The second kappa shape index (κ2) is 8.67. The molecule has 1 aliphatic carbocycles. The Balaban J connectivity index is 1.48. The number of hydrogen-bond donors (Lipinski definition) is 0. The number of carbonyl (C=O) groups is 1. The Morgan fingerprint density at radius 1 is 1.16 bits per heavy atom. The van der Waals surface area contributed by atoms with Crippen molar-refractivity contribution in [3.05, 3.63) is 52.7 Å². The molecule has 1 unspecified atom stereocenters. The first-order chi connectivity index (χ1) is 14.9. The number of piperazine rings is 1. The molecule has 1 saturated carbocycles. The van der Waals surface area contributed by atoms with Gasteiger partial charge in [0.25, 0.3) is 0 Å². The van der Waals surface area contributed by atoms with Crippen LogP contribution in [-0.2, 0) is 4.79 Å². The average molecular weight is 425 g/mol. The highest BCUT2D eigenvalue weighted by atomic mass is 19.1. The van der Waals surface area contributed by atoms with Crippen LogP contribution < -0.4 is 4.90 Å². The van der Waals surface area contributed by atoms with Gasteiger partial charge in [-0.05, 0) is 62.4 Å². The summed E-state index contributed by atoms with van der Waals surface area (Å²) in [5, 5.41) is 16.9. The molecule has 0 radical (unpaired) electrons. The third kappa shape index (κ3) is 4.42. The molecule has 4 rings (SSSR count). The van der Waals surface area contributed by atoms with Gasteiger partial charge in [0.1, 0.15) is 24.0 Å². The number of nitrogens with zero attached hydrogens (tertiary/aromatic N) is 5. The van der Waals surface area contributed by atoms with Crippen molar-refractivity contribution in [3.63, 3.8) is 0 Å². The third-order valence-corrected chi connectivity index (χ3v) is 6.28. The summed E-state index contributed by atoms with van der Waals surface area (Å²) in [4.78, 5) is 16.2. The van der Waals surface area contributed by atoms with E-state index < -0.39 is 17.6 Å². The molecule has 1 aromatic carbocycles. The van der Waals surface area contributed by atoms with Gasteiger partial charge in [-0.1, -0.05) is 0 Å². The number of halogens is 2. The zero-order valence-corrected chi connectivity index (χ0v) is 17.6. The van der Waals surface area contributed by atoms with Crippen molar-refractivity contribution in [3.8, 4) is 6.07 Å². The van der Waals surface area contributed by atoms with Gasteiger partial charge in [-0.15, -0.1) is 10.2 Å². The van der Waals surface area contributed by atoms with Crippen LogP contribution in [0.2, 0.25) is 0 Å². The minimum atomic E-state index is -0.608. The Morgan fingerprint density at radius 3 is 2.29 bits per heavy atom. The second-order valence-corrected chi connectivity index (χ2v) is 8.60. The number of rotatable bonds is 6. The lowest BCUT2D eigenvalue weighted by molar-refractivity contribution is -0.109. The molecule has 1 saturated heterocycles. The van der Waals surface area contributed by atoms with Crippen LogP contribution in [-0.4, -0.2) is 53.1 Å². The molecule has 2 aliphatic rings. The summed E-state index contributed by atoms with van der Waals surface area (Å²) in [5.74, 6) is -1.03. The molecule has 31 heavy (non-hydrogen) atoms. The standard InChI is InChI=1S/C23H25F2N5O/c1-14-10-29(22-6-5-19(9-26)27-28-22)11-15(2)30(14)12-18(13-31)17-7-20(24)23(16-3-4-16)21(25)8-17/h5-8,13-16,18H,3-4,10-12H2,1-2H3/t14-,15+,18?. The first-order valence-corrected chi connectivity index (χ1v) is 10.6. The van der Waals surface area contributed by atoms with Gasteiger partial charge in [0.2, 0.25) is 0 Å². The van der Waals surface area contributed by atoms with Crippen LogP contribution in [0.1, 0.15) is 55.3 Å². The molecule has 8 heteroatoms. The first-order valence-electron chi connectivity index (χ1n) is 10.6. The zero-order chi connectivity index (χ0) is 22.1. The molecule has 2 fully saturated rings. The summed E-state index contributed by atoms with van der Waals surface area (Å²) < 4.78 is 29.0. The van der Waals surface area contributed by atoms with Crippen molar-refractivity contribution in [1.29, 1.82) is 5.26 Å². The Morgan fingerprint density at radius 2 is 1.81 bits per heavy atom. The van der Waals surface area contributed by atoms with Gasteiger partial charge in [-0.2, -0.15) is 5.26 Å². The maximum Gasteiger partial charge on any atom is 0.163 e. The fourth-order valence-corrected chi connectivity index (χ4v) is 4.49. The fraction of sp³-hybridized carbons (Fsp3) is 0.478. The van der Waals surface area contributed by atoms with E-state index in [-0.39, 0.29) is 29.3 Å². The summed E-state index contributed by atoms with van der Waals surface area (Å²) in [6.07, 6.45) is 2.41. The lowest BCUT2D eigenvalue weighted by Gasteiger charge is -2.45. The minimum absolute atomic E-state index is 0.0258. The van der Waals surface area contributed by atoms with Crippen molar-refractivity contribution in [1.82, 2.24) is 15.1 Å². The molecule has 2 heterocycles. The molecule has 0 bridgehead atoms. The monoisotopic (exact) mass is 425 g/mol. The summed E-state index contributed by atoms with van der Waals surface area (Å²) in [6, 6.07) is 8.21. The van der Waals surface area contributed by atoms with E-state index >= 15 is 0 Å². The van der Waals surface area contributed by atoms with E-state index in [1.165, 1.54) is 12.1 Å². The lowest BCUT2D eigenvalue weighted by Crippen LogP contribution is -2.57. The summed E-state index contributed by atoms with van der Waals surface area (Å²) in [7, 11) is 0. The van der Waals surface area contributed by atoms with Crippen LogP contribution in [0.3, 0.4) is 0 Å². The van der Waals surface area contributed by atoms with E-state index in [1.54, 1.807) is 12.1 Å². The van der Waals surface area contributed by atoms with Gasteiger partial charge < -0.3 is 9.69 Å². The molecule has 1 aliphatic heterocycles. The molecule has 3 atom stereocenters. The van der Waals surface area contributed by atoms with E-state index in [9.17, 15) is 13.6 Å². The van der Waals surface area contributed by atoms with Crippen molar-refractivity contribution in [2.75, 3.05) is 24.5 Å². The highest BCUT2D eigenvalue weighted by Crippen LogP contribution is 2.43. The molecule has 2 aromatic rings. The van der Waals surface area contributed by atoms with E-state index in [2.05, 4.69) is 33.8 Å². The zero-order valence-electron chi connectivity index (χ0n) is 17.6. The van der Waals surface area contributed by atoms with E-state index in [1.807, 2.05) is 6.07 Å². The maximum atomic E-state index is 14.5. The summed E-state index contributed by atoms with van der Waals surface area (Å²) in [5.41, 5.74) is 0.811. The molecule has 6 nitrogen and oxygen atoms in total. The van der Waals surface area contributed by atoms with Crippen LogP contribution in [0.15, 0.2) is 24.3 Å². The van der Waals surface area contributed by atoms with Crippen molar-refractivity contribution in [2.24, 2.45) is 0 Å². The highest BCUT2D eigenvalue weighted by molar-refractivity contribution is 5.63. The minimum Gasteiger partial charge on any atom is -0.352 e. The van der Waals surface area contributed by atoms with Crippen LogP contribution in [0.25, 0.3) is 0 Å². The van der Waals surface area contributed by atoms with Crippen LogP contribution >= 0.6 is 0 Å². The van der Waals surface area contributed by atoms with E-state index in [4.69, 9.17) is 5.26 Å². The van der Waals surface area contributed by atoms with Gasteiger partial charge in [0.05, 0.1) is 5.92 Å². The van der Waals surface area contributed by atoms with Gasteiger partial charge >= 0.3 is 0 Å². The SMILES string of the molecule is C[C@@H]1CN(c2ccc(C#N)nn2)C[C@H](C)N1CC(C=O)c1cc(F)c(C2CC2)c(F)c1. The quantitative estimate of drug-likeness (QED) is 0.661. The van der Waals surface area contributed by atoms with Crippen molar-refractivity contribution >= 4 is 12.1 Å². The van der Waals surface area contributed by atoms with Crippen molar-refractivity contribution in [2.45, 2.75) is 50.6 Å². The molecule has 0 N–H and O–H groups in total. The van der Waals surface area contributed by atoms with Crippen LogP contribution in [0, 0.1) is 23.0 Å². The molecular weight excluding hydrogens is 400 g/mol. The van der Waals surface area contributed by atoms with Gasteiger partial charge in [-0.3, -0.25) is 4.90 Å². The number of benzene rings is 1. The highest BCUT2D eigenvalue weighted by Gasteiger charge is 2.34. The predicted molar refractivity (Wildman–Crippen MR) is 112 cm³/mol. The molecule has 0 amide bonds. The smallest absolute Gasteiger partial charge is 0.163 e. The summed E-state index contributed by atoms with van der Waals surface area (Å²) >= 11 is 0. The Hall–Kier alpha value is -2.92. The van der Waals surface area contributed by atoms with E-state index in [0.29, 0.717) is 31.0 Å². The lowest BCUT2D eigenvalue weighted by atomic mass is 9.95. The third-order valence-electron chi connectivity index (χ3n) is 6.28. The molecule has 162 valence electrons. The number of carbonyl (C=O) groups excluding carboxylic acids is 1. The number of aldehydes is 1. The maximum absolute atomic E-state index is 14.5. The number of hydrogen-bond acceptors (Lipinski definition) is 6. The predicted octanol–water partition coefficient (Wildman–Crippen LogP) is 3.39. The van der Waals surface area contributed by atoms with Gasteiger partial charge in [-0.25, -0.2) is 8.78 Å². The van der Waals surface area contributed by atoms with Crippen molar-refractivity contribution < 1.29 is 13.6 Å². The Labute approximate surface area is 180 Å². The molecule has 0 spiro atoms. The second-order valence-electron chi connectivity index (χ2n) is 8.60. The normalized spacial score (nSPS) is 22.7. The van der Waals surface area contributed by atoms with E-state index in [0.717, 1.165) is 19.1 Å². The topological polar surface area (TPSA) is 73.1 Å². The van der Waals surface area contributed by atoms with Crippen LogP contribution in [0.4, 0.5) is 14.6 Å². The number of nitriles is 1. The number of aromatic nitrogens is 2. The van der Waals surface area contributed by atoms with Crippen LogP contribution in [0.5, 0.6) is 0 Å². The average Bonchev–Trinajstić information content (AvgIpc) is 3.58. The van der Waals surface area contributed by atoms with Gasteiger partial charge in [0.15, 0.2) is 11.5 Å². The Kier molecular flexibility index (Phi) is 5.96. The first kappa shape index (κ1) is 21.3. The number of anilines is 1. The molecular formula is C23H25F2N5O. The fourth-order valence-electron chi connectivity index (χ4n) is 4.49. The largest absolute Gasteiger partial charge is 0.352 e.